The molecule has 1 aliphatic heterocycles. The Kier molecular flexibility index (Phi) is 6.54. The Morgan fingerprint density at radius 1 is 1.38 bits per heavy atom. The number of hydrogen-bond donors (Lipinski definition) is 2. The molecule has 0 spiro atoms. The molecule has 0 radical (unpaired) electrons. The molecular weight excluding hydrogens is 432 g/mol. The fourth-order valence-corrected chi connectivity index (χ4v) is 4.66. The summed E-state index contributed by atoms with van der Waals surface area (Å²) < 4.78 is 6.86. The van der Waals surface area contributed by atoms with Crippen molar-refractivity contribution in [2.75, 3.05) is 18.0 Å². The fraction of sp³-hybridized carbons (Fsp3) is 0.476. The highest BCUT2D eigenvalue weighted by molar-refractivity contribution is 7.22. The number of hydrogen-bond acceptors (Lipinski definition) is 8. The first kappa shape index (κ1) is 22.0. The molecule has 1 unspecified atom stereocenters. The van der Waals surface area contributed by atoms with Crippen molar-refractivity contribution >= 4 is 38.6 Å². The predicted molar refractivity (Wildman–Crippen MR) is 120 cm³/mol. The zero-order valence-corrected chi connectivity index (χ0v) is 18.9. The molecule has 170 valence electrons. The number of nitrogens with one attached hydrogen (secondary N) is 2. The van der Waals surface area contributed by atoms with E-state index in [1.165, 1.54) is 28.5 Å². The minimum absolute atomic E-state index is 0.0480. The number of aromatic nitrogens is 3. The normalized spacial score (nSPS) is 16.5. The molecule has 2 amide bonds. The van der Waals surface area contributed by atoms with E-state index in [-0.39, 0.29) is 42.4 Å². The topological polar surface area (TPSA) is 122 Å². The van der Waals surface area contributed by atoms with Gasteiger partial charge in [-0.15, -0.1) is 0 Å². The van der Waals surface area contributed by atoms with Gasteiger partial charge in [-0.3, -0.25) is 19.0 Å². The van der Waals surface area contributed by atoms with E-state index in [0.29, 0.717) is 27.8 Å². The fourth-order valence-electron chi connectivity index (χ4n) is 3.66. The van der Waals surface area contributed by atoms with E-state index in [4.69, 9.17) is 4.42 Å². The lowest BCUT2D eigenvalue weighted by atomic mass is 9.97. The van der Waals surface area contributed by atoms with Gasteiger partial charge in [0, 0.05) is 19.1 Å². The molecule has 1 fully saturated rings. The van der Waals surface area contributed by atoms with Crippen LogP contribution in [0.3, 0.4) is 0 Å². The van der Waals surface area contributed by atoms with Crippen molar-refractivity contribution in [3.63, 3.8) is 0 Å². The van der Waals surface area contributed by atoms with Crippen LogP contribution in [0.5, 0.6) is 0 Å². The first-order chi connectivity index (χ1) is 15.4. The Morgan fingerprint density at radius 3 is 2.97 bits per heavy atom. The van der Waals surface area contributed by atoms with Gasteiger partial charge in [-0.1, -0.05) is 11.3 Å². The number of carbonyl (C=O) groups is 2. The van der Waals surface area contributed by atoms with Gasteiger partial charge in [0.15, 0.2) is 10.8 Å². The van der Waals surface area contributed by atoms with Crippen molar-refractivity contribution in [1.82, 2.24) is 25.2 Å². The second-order valence-electron chi connectivity index (χ2n) is 8.13. The molecule has 3 aromatic heterocycles. The Bertz CT molecular complexity index is 1150. The molecule has 4 heterocycles. The third-order valence-electron chi connectivity index (χ3n) is 5.22. The monoisotopic (exact) mass is 458 g/mol. The highest BCUT2D eigenvalue weighted by Gasteiger charge is 2.28. The molecule has 32 heavy (non-hydrogen) atoms. The van der Waals surface area contributed by atoms with E-state index in [1.54, 1.807) is 12.1 Å². The lowest BCUT2D eigenvalue weighted by molar-refractivity contribution is -0.125. The molecule has 10 nitrogen and oxygen atoms in total. The molecule has 0 aliphatic carbocycles. The van der Waals surface area contributed by atoms with Crippen LogP contribution in [0.1, 0.15) is 32.4 Å². The lowest BCUT2D eigenvalue weighted by Gasteiger charge is -2.32. The van der Waals surface area contributed by atoms with E-state index < -0.39 is 0 Å². The number of carbonyl (C=O) groups excluding carboxylic acids is 2. The number of rotatable bonds is 7. The second kappa shape index (κ2) is 9.51. The minimum Gasteiger partial charge on any atom is -0.467 e. The van der Waals surface area contributed by atoms with Gasteiger partial charge in [0.2, 0.25) is 11.8 Å². The molecule has 2 N–H and O–H groups in total. The van der Waals surface area contributed by atoms with E-state index >= 15 is 0 Å². The minimum atomic E-state index is -0.315. The number of anilines is 1. The number of furan rings is 1. The van der Waals surface area contributed by atoms with Crippen LogP contribution >= 0.6 is 11.3 Å². The van der Waals surface area contributed by atoms with E-state index in [0.717, 1.165) is 19.4 Å². The number of thiazole rings is 1. The summed E-state index contributed by atoms with van der Waals surface area (Å²) in [5, 5.41) is 6.36. The van der Waals surface area contributed by atoms with Crippen LogP contribution < -0.4 is 21.1 Å². The molecule has 0 saturated carbocycles. The first-order valence-corrected chi connectivity index (χ1v) is 11.4. The standard InChI is InChI=1S/C21H26N6O4S/c1-13(2)24-19(29)14-5-3-7-26(10-14)21-25-18-17(32-21)20(30)27(12-23-18)11-16(28)22-9-15-6-4-8-31-15/h4,6,8,12-14H,3,5,7,9-11H2,1-2H3,(H,22,28)(H,24,29). The zero-order chi connectivity index (χ0) is 22.7. The van der Waals surface area contributed by atoms with Gasteiger partial charge in [0.05, 0.1) is 18.7 Å². The van der Waals surface area contributed by atoms with Crippen molar-refractivity contribution in [2.45, 2.75) is 45.8 Å². The molecular formula is C21H26N6O4S. The lowest BCUT2D eigenvalue weighted by Crippen LogP contribution is -2.44. The Balaban J connectivity index is 1.46. The van der Waals surface area contributed by atoms with E-state index in [1.807, 2.05) is 18.7 Å². The molecule has 1 aliphatic rings. The highest BCUT2D eigenvalue weighted by Crippen LogP contribution is 2.29. The number of nitrogens with zero attached hydrogens (tertiary/aromatic N) is 4. The maximum Gasteiger partial charge on any atom is 0.273 e. The first-order valence-electron chi connectivity index (χ1n) is 10.6. The third-order valence-corrected chi connectivity index (χ3v) is 6.31. The van der Waals surface area contributed by atoms with Gasteiger partial charge >= 0.3 is 0 Å². The van der Waals surface area contributed by atoms with Gasteiger partial charge in [0.25, 0.3) is 5.56 Å². The van der Waals surface area contributed by atoms with Crippen molar-refractivity contribution in [3.05, 3.63) is 40.8 Å². The predicted octanol–water partition coefficient (Wildman–Crippen LogP) is 1.50. The van der Waals surface area contributed by atoms with Crippen LogP contribution in [0.15, 0.2) is 33.9 Å². The molecule has 0 bridgehead atoms. The molecule has 0 aromatic carbocycles. The Hall–Kier alpha value is -3.21. The summed E-state index contributed by atoms with van der Waals surface area (Å²) in [7, 11) is 0. The molecule has 3 aromatic rings. The average molecular weight is 459 g/mol. The summed E-state index contributed by atoms with van der Waals surface area (Å²) in [6, 6.07) is 3.60. The molecule has 4 rings (SSSR count). The molecule has 1 atom stereocenters. The zero-order valence-electron chi connectivity index (χ0n) is 18.0. The Morgan fingerprint density at radius 2 is 2.22 bits per heavy atom. The van der Waals surface area contributed by atoms with E-state index in [2.05, 4.69) is 20.6 Å². The van der Waals surface area contributed by atoms with Gasteiger partial charge in [-0.2, -0.15) is 4.98 Å². The smallest absolute Gasteiger partial charge is 0.273 e. The summed E-state index contributed by atoms with van der Waals surface area (Å²) in [4.78, 5) is 48.4. The van der Waals surface area contributed by atoms with Crippen LogP contribution in [-0.4, -0.2) is 45.5 Å². The summed E-state index contributed by atoms with van der Waals surface area (Å²) in [5.74, 6) is 0.255. The van der Waals surface area contributed by atoms with Crippen LogP contribution in [0.2, 0.25) is 0 Å². The van der Waals surface area contributed by atoms with Crippen molar-refractivity contribution in [3.8, 4) is 0 Å². The molecule has 11 heteroatoms. The number of fused-ring (bicyclic) bond motifs is 1. The quantitative estimate of drug-likeness (QED) is 0.550. The number of piperidine rings is 1. The van der Waals surface area contributed by atoms with E-state index in [9.17, 15) is 14.4 Å². The van der Waals surface area contributed by atoms with Crippen molar-refractivity contribution in [2.24, 2.45) is 5.92 Å². The summed E-state index contributed by atoms with van der Waals surface area (Å²) in [6.45, 7) is 5.33. The largest absolute Gasteiger partial charge is 0.467 e. The Labute approximate surface area is 188 Å². The second-order valence-corrected chi connectivity index (χ2v) is 9.11. The summed E-state index contributed by atoms with van der Waals surface area (Å²) in [6.07, 6.45) is 4.58. The van der Waals surface area contributed by atoms with Crippen LogP contribution in [-0.2, 0) is 22.7 Å². The third kappa shape index (κ3) is 4.98. The maximum absolute atomic E-state index is 12.9. The maximum atomic E-state index is 12.9. The van der Waals surface area contributed by atoms with Crippen molar-refractivity contribution < 1.29 is 14.0 Å². The highest BCUT2D eigenvalue weighted by atomic mass is 32.1. The average Bonchev–Trinajstić information content (AvgIpc) is 3.44. The SMILES string of the molecule is CC(C)NC(=O)C1CCCN(c2nc3ncn(CC(=O)NCc4ccco4)c(=O)c3s2)C1. The van der Waals surface area contributed by atoms with Gasteiger partial charge in [0.1, 0.15) is 23.3 Å². The number of amides is 2. The van der Waals surface area contributed by atoms with Gasteiger partial charge in [-0.25, -0.2) is 4.98 Å². The van der Waals surface area contributed by atoms with Gasteiger partial charge < -0.3 is 20.0 Å². The van der Waals surface area contributed by atoms with Crippen LogP contribution in [0.25, 0.3) is 10.3 Å². The summed E-state index contributed by atoms with van der Waals surface area (Å²) >= 11 is 1.25. The van der Waals surface area contributed by atoms with Gasteiger partial charge in [-0.05, 0) is 38.8 Å². The summed E-state index contributed by atoms with van der Waals surface area (Å²) in [5.41, 5.74) is 0.0500. The van der Waals surface area contributed by atoms with Crippen LogP contribution in [0.4, 0.5) is 5.13 Å². The molecule has 1 saturated heterocycles. The van der Waals surface area contributed by atoms with Crippen LogP contribution in [0, 0.1) is 5.92 Å². The van der Waals surface area contributed by atoms with Crippen molar-refractivity contribution in [1.29, 1.82) is 0 Å².